The number of carboxylic acids is 3. The summed E-state index contributed by atoms with van der Waals surface area (Å²) in [6.07, 6.45) is -1.49. The molecule has 0 radical (unpaired) electrons. The monoisotopic (exact) mass is 921 g/mol. The third kappa shape index (κ3) is 20.1. The number of amides is 7. The first-order chi connectivity index (χ1) is 30.4. The average Bonchev–Trinajstić information content (AvgIpc) is 3.23. The molecule has 1 aromatic rings. The second kappa shape index (κ2) is 28.1. The van der Waals surface area contributed by atoms with Gasteiger partial charge in [0.15, 0.2) is 11.5 Å². The van der Waals surface area contributed by atoms with E-state index in [2.05, 4.69) is 26.6 Å². The molecule has 0 bridgehead atoms. The van der Waals surface area contributed by atoms with Crippen molar-refractivity contribution >= 4 is 65.0 Å². The zero-order chi connectivity index (χ0) is 49.6. The van der Waals surface area contributed by atoms with Gasteiger partial charge in [0.1, 0.15) is 30.7 Å². The number of ether oxygens (including phenoxy) is 2. The molecule has 23 nitrogen and oxygen atoms in total. The fourth-order valence-corrected chi connectivity index (χ4v) is 6.27. The standard InChI is InChI=1S/C42H63N7O16/c1-9-10-26(37(58)41(62)43-20-34(56)57)45-31(51)21-49(18-17-25-11-14-29(64-7)30(19-25)65-8)42(63)36(23(4)5)48-40(61)35(22(2)3)47-39(60)28(13-16-33(54)55)46-38(59)27(44-24(6)50)12-15-32(52)53/h11,14,19,22-23,26-28,35-36H,9-10,12-13,15-18,20-21H2,1-8H3,(H,43,62)(H,44,50)(H,45,51)(H,46,59)(H,47,60)(H,48,61)(H,52,53)(H,54,55)(H,56,57)/t26-,27-,28-,35-,36-/m0/s1. The topological polar surface area (TPSA) is 342 Å². The van der Waals surface area contributed by atoms with Crippen LogP contribution >= 0.6 is 0 Å². The molecule has 362 valence electrons. The Morgan fingerprint density at radius 1 is 0.646 bits per heavy atom. The second-order valence-electron chi connectivity index (χ2n) is 15.7. The average molecular weight is 922 g/mol. The van der Waals surface area contributed by atoms with E-state index in [-0.39, 0.29) is 25.8 Å². The van der Waals surface area contributed by atoms with Crippen LogP contribution in [0.4, 0.5) is 0 Å². The number of hydrogen-bond donors (Lipinski definition) is 9. The summed E-state index contributed by atoms with van der Waals surface area (Å²) in [6.45, 7) is 7.48. The van der Waals surface area contributed by atoms with Crippen LogP contribution < -0.4 is 41.4 Å². The SMILES string of the molecule is CCC[C@H](NC(=O)CN(CCc1ccc(OC)c(OC)c1)C(=O)[C@@H](NC(=O)[C@@H](NC(=O)[C@H](CCC(=O)O)NC(=O)[C@H](CCC(=O)O)NC(C)=O)C(C)C)C(C)C)C(=O)C(=O)NCC(=O)O. The number of carbonyl (C=O) groups is 11. The van der Waals surface area contributed by atoms with E-state index in [1.807, 2.05) is 5.32 Å². The van der Waals surface area contributed by atoms with E-state index < -0.39 is 139 Å². The molecule has 0 spiro atoms. The first-order valence-corrected chi connectivity index (χ1v) is 20.9. The summed E-state index contributed by atoms with van der Waals surface area (Å²) < 4.78 is 10.7. The Bertz CT molecular complexity index is 1890. The first-order valence-electron chi connectivity index (χ1n) is 20.9. The Balaban J connectivity index is 3.53. The molecule has 9 N–H and O–H groups in total. The van der Waals surface area contributed by atoms with E-state index in [0.29, 0.717) is 23.5 Å². The maximum Gasteiger partial charge on any atom is 0.322 e. The highest BCUT2D eigenvalue weighted by Crippen LogP contribution is 2.28. The predicted molar refractivity (Wildman–Crippen MR) is 229 cm³/mol. The van der Waals surface area contributed by atoms with Gasteiger partial charge < -0.3 is 61.6 Å². The summed E-state index contributed by atoms with van der Waals surface area (Å²) in [5.74, 6) is -12.0. The number of ketones is 1. The Hall–Kier alpha value is -6.81. The van der Waals surface area contributed by atoms with Crippen molar-refractivity contribution < 1.29 is 77.5 Å². The van der Waals surface area contributed by atoms with Gasteiger partial charge in [-0.05, 0) is 55.2 Å². The van der Waals surface area contributed by atoms with Crippen molar-refractivity contribution in [1.29, 1.82) is 0 Å². The number of methoxy groups -OCH3 is 2. The van der Waals surface area contributed by atoms with E-state index in [1.165, 1.54) is 14.2 Å². The van der Waals surface area contributed by atoms with Gasteiger partial charge in [-0.25, -0.2) is 0 Å². The van der Waals surface area contributed by atoms with Crippen molar-refractivity contribution in [3.8, 4) is 11.5 Å². The predicted octanol–water partition coefficient (Wildman–Crippen LogP) is -0.870. The smallest absolute Gasteiger partial charge is 0.322 e. The Kier molecular flexibility index (Phi) is 24.3. The van der Waals surface area contributed by atoms with Crippen molar-refractivity contribution in [3.63, 3.8) is 0 Å². The van der Waals surface area contributed by atoms with Gasteiger partial charge in [0, 0.05) is 26.3 Å². The fraction of sp³-hybridized carbons (Fsp3) is 0.595. The molecule has 23 heteroatoms. The quantitative estimate of drug-likeness (QED) is 0.0424. The van der Waals surface area contributed by atoms with Crippen molar-refractivity contribution in [2.45, 2.75) is 117 Å². The number of nitrogens with zero attached hydrogens (tertiary/aromatic N) is 1. The lowest BCUT2D eigenvalue weighted by Gasteiger charge is -2.32. The molecular formula is C42H63N7O16. The minimum atomic E-state index is -1.58. The highest BCUT2D eigenvalue weighted by atomic mass is 16.5. The second-order valence-corrected chi connectivity index (χ2v) is 15.7. The van der Waals surface area contributed by atoms with Crippen LogP contribution in [0.1, 0.15) is 85.6 Å². The fourth-order valence-electron chi connectivity index (χ4n) is 6.27. The maximum atomic E-state index is 14.5. The maximum absolute atomic E-state index is 14.5. The first kappa shape index (κ1) is 56.2. The molecule has 0 aliphatic rings. The summed E-state index contributed by atoms with van der Waals surface area (Å²) in [5.41, 5.74) is 0.650. The molecule has 65 heavy (non-hydrogen) atoms. The van der Waals surface area contributed by atoms with E-state index in [4.69, 9.17) is 19.7 Å². The van der Waals surface area contributed by atoms with Crippen LogP contribution in [0, 0.1) is 11.8 Å². The molecule has 0 heterocycles. The molecular weight excluding hydrogens is 858 g/mol. The van der Waals surface area contributed by atoms with Crippen LogP contribution in [-0.4, -0.2) is 149 Å². The van der Waals surface area contributed by atoms with Crippen LogP contribution in [-0.2, 0) is 59.2 Å². The van der Waals surface area contributed by atoms with Gasteiger partial charge in [0.2, 0.25) is 41.2 Å². The van der Waals surface area contributed by atoms with Crippen LogP contribution in [0.2, 0.25) is 0 Å². The number of carboxylic acid groups (broad SMARTS) is 3. The lowest BCUT2D eigenvalue weighted by molar-refractivity contribution is -0.143. The van der Waals surface area contributed by atoms with Gasteiger partial charge in [-0.15, -0.1) is 0 Å². The zero-order valence-corrected chi connectivity index (χ0v) is 37.9. The number of carbonyl (C=O) groups excluding carboxylic acids is 8. The minimum absolute atomic E-state index is 0.000899. The van der Waals surface area contributed by atoms with Crippen LogP contribution in [0.3, 0.4) is 0 Å². The van der Waals surface area contributed by atoms with Crippen LogP contribution in [0.25, 0.3) is 0 Å². The molecule has 1 rings (SSSR count). The summed E-state index contributed by atoms with van der Waals surface area (Å²) in [4.78, 5) is 141. The number of nitrogens with one attached hydrogen (secondary N) is 6. The molecule has 1 aromatic carbocycles. The van der Waals surface area contributed by atoms with Gasteiger partial charge in [-0.1, -0.05) is 47.1 Å². The van der Waals surface area contributed by atoms with E-state index in [1.54, 1.807) is 52.8 Å². The number of hydrogen-bond acceptors (Lipinski definition) is 13. The summed E-state index contributed by atoms with van der Waals surface area (Å²) in [5, 5.41) is 41.6. The normalized spacial score (nSPS) is 13.1. The van der Waals surface area contributed by atoms with Crippen LogP contribution in [0.15, 0.2) is 18.2 Å². The molecule has 0 unspecified atom stereocenters. The number of rotatable bonds is 30. The highest BCUT2D eigenvalue weighted by molar-refractivity contribution is 6.38. The molecule has 0 aromatic heterocycles. The van der Waals surface area contributed by atoms with E-state index in [9.17, 15) is 57.8 Å². The molecule has 0 saturated carbocycles. The number of benzene rings is 1. The zero-order valence-electron chi connectivity index (χ0n) is 37.9. The Labute approximate surface area is 376 Å². The van der Waals surface area contributed by atoms with Gasteiger partial charge in [-0.3, -0.25) is 52.7 Å². The van der Waals surface area contributed by atoms with Crippen molar-refractivity contribution in [3.05, 3.63) is 23.8 Å². The summed E-state index contributed by atoms with van der Waals surface area (Å²) in [7, 11) is 2.88. The minimum Gasteiger partial charge on any atom is -0.493 e. The molecule has 0 aliphatic carbocycles. The molecule has 0 aliphatic heterocycles. The van der Waals surface area contributed by atoms with Crippen molar-refractivity contribution in [1.82, 2.24) is 36.8 Å². The van der Waals surface area contributed by atoms with Gasteiger partial charge in [0.05, 0.1) is 26.8 Å². The van der Waals surface area contributed by atoms with Crippen molar-refractivity contribution in [2.75, 3.05) is 33.9 Å². The summed E-state index contributed by atoms with van der Waals surface area (Å²) >= 11 is 0. The third-order valence-corrected chi connectivity index (χ3v) is 9.72. The largest absolute Gasteiger partial charge is 0.493 e. The van der Waals surface area contributed by atoms with E-state index >= 15 is 0 Å². The number of Topliss-reactive ketones (excluding diaryl/α,β-unsaturated/α-hetero) is 1. The molecule has 5 atom stereocenters. The van der Waals surface area contributed by atoms with Crippen LogP contribution in [0.5, 0.6) is 11.5 Å². The lowest BCUT2D eigenvalue weighted by Crippen LogP contribution is -2.60. The van der Waals surface area contributed by atoms with Crippen molar-refractivity contribution in [2.24, 2.45) is 11.8 Å². The Morgan fingerprint density at radius 2 is 1.18 bits per heavy atom. The molecule has 7 amide bonds. The molecule has 0 saturated heterocycles. The van der Waals surface area contributed by atoms with Gasteiger partial charge in [0.25, 0.3) is 5.91 Å². The summed E-state index contributed by atoms with van der Waals surface area (Å²) in [6, 6.07) is -2.08. The van der Waals surface area contributed by atoms with E-state index in [0.717, 1.165) is 11.8 Å². The highest BCUT2D eigenvalue weighted by Gasteiger charge is 2.36. The number of aliphatic carboxylic acids is 3. The lowest BCUT2D eigenvalue weighted by atomic mass is 9.98. The van der Waals surface area contributed by atoms with Gasteiger partial charge in [-0.2, -0.15) is 0 Å². The third-order valence-electron chi connectivity index (χ3n) is 9.72. The molecule has 0 fully saturated rings. The van der Waals surface area contributed by atoms with Gasteiger partial charge >= 0.3 is 17.9 Å². The Morgan fingerprint density at radius 3 is 1.68 bits per heavy atom.